The van der Waals surface area contributed by atoms with Crippen LogP contribution in [0.15, 0.2) is 0 Å². The molecule has 0 atom stereocenters. The van der Waals surface area contributed by atoms with E-state index >= 15 is 0 Å². The standard InChI is InChI=1S/C7H17N.CH4O4S/c1-4-7(8,5-2)6-3;1-5-6(2,3)4/h4-6,8H2,1-3H3;1H3,(H,2,3,4). The summed E-state index contributed by atoms with van der Waals surface area (Å²) in [5.74, 6) is 0. The molecule has 5 nitrogen and oxygen atoms in total. The summed E-state index contributed by atoms with van der Waals surface area (Å²) in [5, 5.41) is 0. The molecule has 0 saturated carbocycles. The topological polar surface area (TPSA) is 89.6 Å². The predicted octanol–water partition coefficient (Wildman–Crippen LogP) is 1.35. The molecule has 0 heterocycles. The van der Waals surface area contributed by atoms with Crippen LogP contribution in [0, 0.1) is 0 Å². The third-order valence-electron chi connectivity index (χ3n) is 2.32. The van der Waals surface area contributed by atoms with Gasteiger partial charge in [0.05, 0.1) is 7.11 Å². The molecule has 0 aromatic carbocycles. The zero-order valence-corrected chi connectivity index (χ0v) is 10.1. The monoisotopic (exact) mass is 227 g/mol. The minimum Gasteiger partial charge on any atom is -0.325 e. The number of rotatable bonds is 4. The number of hydrogen-bond donors (Lipinski definition) is 2. The second-order valence-electron chi connectivity index (χ2n) is 3.02. The van der Waals surface area contributed by atoms with Crippen LogP contribution in [-0.2, 0) is 14.6 Å². The fourth-order valence-electron chi connectivity index (χ4n) is 0.750. The van der Waals surface area contributed by atoms with E-state index in [9.17, 15) is 8.42 Å². The van der Waals surface area contributed by atoms with Gasteiger partial charge in [-0.1, -0.05) is 20.8 Å². The van der Waals surface area contributed by atoms with Crippen LogP contribution in [0.1, 0.15) is 40.0 Å². The van der Waals surface area contributed by atoms with Crippen LogP contribution in [0.25, 0.3) is 0 Å². The van der Waals surface area contributed by atoms with Crippen molar-refractivity contribution in [3.8, 4) is 0 Å². The van der Waals surface area contributed by atoms with E-state index in [1.807, 2.05) is 0 Å². The van der Waals surface area contributed by atoms with Crippen molar-refractivity contribution in [2.75, 3.05) is 7.11 Å². The van der Waals surface area contributed by atoms with E-state index in [1.54, 1.807) is 0 Å². The zero-order chi connectivity index (χ0) is 11.8. The van der Waals surface area contributed by atoms with Crippen LogP contribution in [0.5, 0.6) is 0 Å². The van der Waals surface area contributed by atoms with Gasteiger partial charge < -0.3 is 5.73 Å². The maximum atomic E-state index is 9.33. The predicted molar refractivity (Wildman–Crippen MR) is 56.3 cm³/mol. The highest BCUT2D eigenvalue weighted by atomic mass is 32.3. The molecule has 14 heavy (non-hydrogen) atoms. The Bertz CT molecular complexity index is 213. The first kappa shape index (κ1) is 16.3. The van der Waals surface area contributed by atoms with Gasteiger partial charge in [0.25, 0.3) is 0 Å². The SMILES string of the molecule is CCC(N)(CC)CC.COS(=O)(=O)O. The molecule has 0 spiro atoms. The van der Waals surface area contributed by atoms with Crippen LogP contribution in [0.4, 0.5) is 0 Å². The van der Waals surface area contributed by atoms with Crippen LogP contribution < -0.4 is 5.73 Å². The summed E-state index contributed by atoms with van der Waals surface area (Å²) in [6.45, 7) is 6.44. The molecule has 0 rings (SSSR count). The van der Waals surface area contributed by atoms with Gasteiger partial charge in [-0.05, 0) is 19.3 Å². The smallest absolute Gasteiger partial charge is 0.325 e. The molecule has 88 valence electrons. The third kappa shape index (κ3) is 9.91. The van der Waals surface area contributed by atoms with Crippen molar-refractivity contribution in [2.45, 2.75) is 45.6 Å². The average Bonchev–Trinajstić information content (AvgIpc) is 2.16. The lowest BCUT2D eigenvalue weighted by Crippen LogP contribution is -2.37. The Morgan fingerprint density at radius 2 is 1.43 bits per heavy atom. The maximum Gasteiger partial charge on any atom is 0.397 e. The molecule has 0 aliphatic heterocycles. The van der Waals surface area contributed by atoms with Crippen molar-refractivity contribution in [3.05, 3.63) is 0 Å². The van der Waals surface area contributed by atoms with E-state index < -0.39 is 10.4 Å². The molecule has 0 aromatic rings. The van der Waals surface area contributed by atoms with Crippen LogP contribution >= 0.6 is 0 Å². The molecule has 0 fully saturated rings. The quantitative estimate of drug-likeness (QED) is 0.707. The van der Waals surface area contributed by atoms with Gasteiger partial charge in [-0.15, -0.1) is 0 Å². The highest BCUT2D eigenvalue weighted by molar-refractivity contribution is 7.80. The van der Waals surface area contributed by atoms with Gasteiger partial charge in [0, 0.05) is 5.54 Å². The number of nitrogens with two attached hydrogens (primary N) is 1. The summed E-state index contributed by atoms with van der Waals surface area (Å²) in [6, 6.07) is 0. The molecular weight excluding hydrogens is 206 g/mol. The van der Waals surface area contributed by atoms with Crippen LogP contribution in [-0.4, -0.2) is 25.6 Å². The highest BCUT2D eigenvalue weighted by Crippen LogP contribution is 2.14. The van der Waals surface area contributed by atoms with Gasteiger partial charge in [-0.3, -0.25) is 8.74 Å². The Balaban J connectivity index is 0. The first-order valence-corrected chi connectivity index (χ1v) is 5.93. The molecule has 0 saturated heterocycles. The first-order chi connectivity index (χ1) is 6.24. The molecule has 0 radical (unpaired) electrons. The fraction of sp³-hybridized carbons (Fsp3) is 1.00. The maximum absolute atomic E-state index is 9.33. The van der Waals surface area contributed by atoms with E-state index in [4.69, 9.17) is 10.3 Å². The van der Waals surface area contributed by atoms with Gasteiger partial charge in [-0.25, -0.2) is 0 Å². The Labute approximate surface area is 86.6 Å². The summed E-state index contributed by atoms with van der Waals surface area (Å²) in [6.07, 6.45) is 3.29. The summed E-state index contributed by atoms with van der Waals surface area (Å²) >= 11 is 0. The van der Waals surface area contributed by atoms with Crippen LogP contribution in [0.2, 0.25) is 0 Å². The summed E-state index contributed by atoms with van der Waals surface area (Å²) in [4.78, 5) is 0. The first-order valence-electron chi connectivity index (χ1n) is 4.56. The molecule has 3 N–H and O–H groups in total. The highest BCUT2D eigenvalue weighted by Gasteiger charge is 2.15. The summed E-state index contributed by atoms with van der Waals surface area (Å²) < 4.78 is 29.7. The lowest BCUT2D eigenvalue weighted by Gasteiger charge is -2.23. The average molecular weight is 227 g/mol. The van der Waals surface area contributed by atoms with Crippen molar-refractivity contribution in [2.24, 2.45) is 5.73 Å². The summed E-state index contributed by atoms with van der Waals surface area (Å²) in [7, 11) is -3.29. The van der Waals surface area contributed by atoms with E-state index in [1.165, 1.54) is 0 Å². The van der Waals surface area contributed by atoms with Gasteiger partial charge in [0.1, 0.15) is 0 Å². The largest absolute Gasteiger partial charge is 0.397 e. The zero-order valence-electron chi connectivity index (χ0n) is 9.28. The molecule has 0 aliphatic rings. The molecular formula is C8H21NO4S. The number of hydrogen-bond acceptors (Lipinski definition) is 4. The van der Waals surface area contributed by atoms with E-state index in [0.29, 0.717) is 0 Å². The van der Waals surface area contributed by atoms with Crippen LogP contribution in [0.3, 0.4) is 0 Å². The minimum absolute atomic E-state index is 0.125. The molecule has 0 amide bonds. The molecule has 6 heteroatoms. The normalized spacial score (nSPS) is 11.9. The van der Waals surface area contributed by atoms with E-state index in [0.717, 1.165) is 26.4 Å². The van der Waals surface area contributed by atoms with Crippen molar-refractivity contribution < 1.29 is 17.2 Å². The minimum atomic E-state index is -4.16. The molecule has 0 aromatic heterocycles. The molecule has 0 aliphatic carbocycles. The Morgan fingerprint density at radius 1 is 1.21 bits per heavy atom. The van der Waals surface area contributed by atoms with E-state index in [2.05, 4.69) is 25.0 Å². The van der Waals surface area contributed by atoms with Crippen molar-refractivity contribution >= 4 is 10.4 Å². The third-order valence-corrected chi connectivity index (χ3v) is 2.74. The lowest BCUT2D eigenvalue weighted by atomic mass is 9.92. The fourth-order valence-corrected chi connectivity index (χ4v) is 0.750. The van der Waals surface area contributed by atoms with Gasteiger partial charge in [0.15, 0.2) is 0 Å². The lowest BCUT2D eigenvalue weighted by molar-refractivity contribution is 0.324. The Morgan fingerprint density at radius 3 is 1.43 bits per heavy atom. The van der Waals surface area contributed by atoms with Gasteiger partial charge >= 0.3 is 10.4 Å². The van der Waals surface area contributed by atoms with Gasteiger partial charge in [0.2, 0.25) is 0 Å². The summed E-state index contributed by atoms with van der Waals surface area (Å²) in [5.41, 5.74) is 6.02. The second kappa shape index (κ2) is 7.17. The second-order valence-corrected chi connectivity index (χ2v) is 4.21. The van der Waals surface area contributed by atoms with E-state index in [-0.39, 0.29) is 5.54 Å². The molecule has 0 unspecified atom stereocenters. The van der Waals surface area contributed by atoms with Crippen molar-refractivity contribution in [1.29, 1.82) is 0 Å². The van der Waals surface area contributed by atoms with Crippen molar-refractivity contribution in [3.63, 3.8) is 0 Å². The molecule has 0 bridgehead atoms. The van der Waals surface area contributed by atoms with Crippen molar-refractivity contribution in [1.82, 2.24) is 0 Å². The Kier molecular flexibility index (Phi) is 8.33. The Hall–Kier alpha value is -0.170. The van der Waals surface area contributed by atoms with Gasteiger partial charge in [-0.2, -0.15) is 8.42 Å².